The lowest BCUT2D eigenvalue weighted by atomic mass is 9.96. The number of nitriles is 1. The molecule has 176 valence electrons. The number of benzene rings is 1. The third-order valence-electron chi connectivity index (χ3n) is 4.68. The maximum absolute atomic E-state index is 12.3. The minimum absolute atomic E-state index is 0.0388. The molecule has 0 saturated heterocycles. The van der Waals surface area contributed by atoms with E-state index < -0.39 is 24.4 Å². The summed E-state index contributed by atoms with van der Waals surface area (Å²) in [6.45, 7) is -0.807. The molecule has 3 aromatic rings. The first kappa shape index (κ1) is 24.2. The summed E-state index contributed by atoms with van der Waals surface area (Å²) < 4.78 is 14.8. The zero-order valence-electron chi connectivity index (χ0n) is 18.1. The first-order chi connectivity index (χ1) is 16.2. The normalized spacial score (nSPS) is 10.5. The van der Waals surface area contributed by atoms with E-state index in [-0.39, 0.29) is 34.2 Å². The van der Waals surface area contributed by atoms with Gasteiger partial charge in [-0.25, -0.2) is 9.78 Å². The summed E-state index contributed by atoms with van der Waals surface area (Å²) >= 11 is 0.961. The number of hydrogen-bond acceptors (Lipinski definition) is 11. The fourth-order valence-corrected chi connectivity index (χ4v) is 4.15. The first-order valence-electron chi connectivity index (χ1n) is 9.55. The molecular weight excluding hydrogens is 464 g/mol. The van der Waals surface area contributed by atoms with E-state index in [4.69, 9.17) is 26.7 Å². The molecule has 0 unspecified atom stereocenters. The molecule has 0 radical (unpaired) electrons. The molecular formula is C21H20N6O6S. The van der Waals surface area contributed by atoms with Crippen LogP contribution in [-0.2, 0) is 19.1 Å². The fourth-order valence-electron chi connectivity index (χ4n) is 3.19. The molecule has 0 spiro atoms. The number of nitrogen functional groups attached to an aromatic ring is 2. The number of ether oxygens (including phenoxy) is 3. The van der Waals surface area contributed by atoms with Crippen LogP contribution in [0.2, 0.25) is 0 Å². The van der Waals surface area contributed by atoms with E-state index in [2.05, 4.69) is 15.0 Å². The van der Waals surface area contributed by atoms with Crippen molar-refractivity contribution < 1.29 is 28.6 Å². The number of nitrogens with two attached hydrogens (primary N) is 3. The standard InChI is InChI=1S/C21H20N6O6S/c1-31-12-4-3-9(5-11(12)26-13(28)7-33-8-14(29)32-2)15-10(6-22)19(24)27-21-16(15)17(23)18(34-21)20(25)30/h3-5H,7-8,23H2,1-2H3,(H2,24,27)(H2,25,30)(H,26,28). The van der Waals surface area contributed by atoms with Gasteiger partial charge in [-0.05, 0) is 17.7 Å². The summed E-state index contributed by atoms with van der Waals surface area (Å²) in [6, 6.07) is 6.77. The first-order valence-corrected chi connectivity index (χ1v) is 10.4. The van der Waals surface area contributed by atoms with Crippen LogP contribution < -0.4 is 27.3 Å². The molecule has 2 aromatic heterocycles. The summed E-state index contributed by atoms with van der Waals surface area (Å²) in [5, 5.41) is 12.7. The van der Waals surface area contributed by atoms with Gasteiger partial charge in [0.05, 0.1) is 25.6 Å². The maximum atomic E-state index is 12.3. The van der Waals surface area contributed by atoms with Crippen molar-refractivity contribution in [3.8, 4) is 22.9 Å². The molecule has 0 bridgehead atoms. The number of nitrogens with zero attached hydrogens (tertiary/aromatic N) is 2. The summed E-state index contributed by atoms with van der Waals surface area (Å²) in [6.07, 6.45) is 0. The van der Waals surface area contributed by atoms with E-state index in [0.29, 0.717) is 27.1 Å². The topological polar surface area (TPSA) is 206 Å². The Morgan fingerprint density at radius 1 is 1.21 bits per heavy atom. The molecule has 2 amide bonds. The molecule has 0 aliphatic heterocycles. The molecule has 0 atom stereocenters. The molecule has 3 rings (SSSR count). The van der Waals surface area contributed by atoms with Gasteiger partial charge in [0.15, 0.2) is 0 Å². The SMILES string of the molecule is COC(=O)COCC(=O)Nc1cc(-c2c(C#N)c(N)nc3sc(C(N)=O)c(N)c23)ccc1OC. The molecule has 2 heterocycles. The Bertz CT molecular complexity index is 1350. The largest absolute Gasteiger partial charge is 0.495 e. The third kappa shape index (κ3) is 4.68. The number of nitrogens with one attached hydrogen (secondary N) is 1. The van der Waals surface area contributed by atoms with Crippen molar-refractivity contribution in [3.05, 3.63) is 28.6 Å². The minimum Gasteiger partial charge on any atom is -0.495 e. The van der Waals surface area contributed by atoms with Crippen molar-refractivity contribution in [1.29, 1.82) is 5.26 Å². The van der Waals surface area contributed by atoms with Gasteiger partial charge < -0.3 is 36.7 Å². The molecule has 0 fully saturated rings. The summed E-state index contributed by atoms with van der Waals surface area (Å²) in [7, 11) is 2.62. The number of rotatable bonds is 8. The predicted octanol–water partition coefficient (Wildman–Crippen LogP) is 1.23. The Kier molecular flexibility index (Phi) is 7.15. The van der Waals surface area contributed by atoms with Gasteiger partial charge in [0, 0.05) is 10.9 Å². The number of carbonyl (C=O) groups excluding carboxylic acids is 3. The number of esters is 1. The molecule has 0 aliphatic rings. The maximum Gasteiger partial charge on any atom is 0.331 e. The van der Waals surface area contributed by atoms with Crippen LogP contribution in [0.15, 0.2) is 18.2 Å². The van der Waals surface area contributed by atoms with Gasteiger partial charge >= 0.3 is 5.97 Å². The number of fused-ring (bicyclic) bond motifs is 1. The lowest BCUT2D eigenvalue weighted by Crippen LogP contribution is -2.21. The van der Waals surface area contributed by atoms with Crippen LogP contribution in [0.5, 0.6) is 5.75 Å². The van der Waals surface area contributed by atoms with Gasteiger partial charge in [-0.15, -0.1) is 11.3 Å². The van der Waals surface area contributed by atoms with E-state index >= 15 is 0 Å². The highest BCUT2D eigenvalue weighted by Crippen LogP contribution is 2.43. The smallest absolute Gasteiger partial charge is 0.331 e. The van der Waals surface area contributed by atoms with Crippen molar-refractivity contribution in [2.75, 3.05) is 44.2 Å². The second-order valence-electron chi connectivity index (χ2n) is 6.78. The molecule has 0 aliphatic carbocycles. The molecule has 12 nitrogen and oxygen atoms in total. The van der Waals surface area contributed by atoms with Crippen LogP contribution in [0, 0.1) is 11.3 Å². The van der Waals surface area contributed by atoms with Gasteiger partial charge in [0.25, 0.3) is 5.91 Å². The lowest BCUT2D eigenvalue weighted by Gasteiger charge is -2.14. The van der Waals surface area contributed by atoms with Gasteiger partial charge in [-0.3, -0.25) is 9.59 Å². The second kappa shape index (κ2) is 10.0. The van der Waals surface area contributed by atoms with Gasteiger partial charge in [-0.2, -0.15) is 5.26 Å². The zero-order chi connectivity index (χ0) is 25.0. The lowest BCUT2D eigenvalue weighted by molar-refractivity contribution is -0.146. The Hall–Kier alpha value is -4.41. The van der Waals surface area contributed by atoms with Crippen LogP contribution in [0.3, 0.4) is 0 Å². The van der Waals surface area contributed by atoms with Crippen molar-refractivity contribution in [3.63, 3.8) is 0 Å². The predicted molar refractivity (Wildman–Crippen MR) is 125 cm³/mol. The Balaban J connectivity index is 2.09. The number of pyridine rings is 1. The summed E-state index contributed by atoms with van der Waals surface area (Å²) in [4.78, 5) is 39.9. The van der Waals surface area contributed by atoms with Crippen molar-refractivity contribution >= 4 is 56.5 Å². The van der Waals surface area contributed by atoms with Crippen molar-refractivity contribution in [1.82, 2.24) is 4.98 Å². The van der Waals surface area contributed by atoms with E-state index in [9.17, 15) is 19.6 Å². The van der Waals surface area contributed by atoms with Crippen molar-refractivity contribution in [2.24, 2.45) is 5.73 Å². The average Bonchev–Trinajstić information content (AvgIpc) is 3.13. The molecule has 13 heteroatoms. The quantitative estimate of drug-likeness (QED) is 0.336. The second-order valence-corrected chi connectivity index (χ2v) is 7.78. The Labute approximate surface area is 197 Å². The Morgan fingerprint density at radius 3 is 2.56 bits per heavy atom. The highest BCUT2D eigenvalue weighted by molar-refractivity contribution is 7.21. The average molecular weight is 484 g/mol. The highest BCUT2D eigenvalue weighted by atomic mass is 32.1. The van der Waals surface area contributed by atoms with Crippen molar-refractivity contribution in [2.45, 2.75) is 0 Å². The number of thiophene rings is 1. The summed E-state index contributed by atoms with van der Waals surface area (Å²) in [5.41, 5.74) is 18.8. The van der Waals surface area contributed by atoms with Crippen LogP contribution in [0.25, 0.3) is 21.3 Å². The van der Waals surface area contributed by atoms with Gasteiger partial charge in [0.2, 0.25) is 5.91 Å². The van der Waals surface area contributed by atoms with E-state index in [1.807, 2.05) is 6.07 Å². The number of carbonyl (C=O) groups is 3. The number of amides is 2. The van der Waals surface area contributed by atoms with Crippen LogP contribution >= 0.6 is 11.3 Å². The highest BCUT2D eigenvalue weighted by Gasteiger charge is 2.24. The molecule has 1 aromatic carbocycles. The van der Waals surface area contributed by atoms with E-state index in [1.54, 1.807) is 18.2 Å². The fraction of sp³-hybridized carbons (Fsp3) is 0.190. The number of hydrogen-bond donors (Lipinski definition) is 4. The van der Waals surface area contributed by atoms with Crippen LogP contribution in [-0.4, -0.2) is 50.2 Å². The van der Waals surface area contributed by atoms with E-state index in [0.717, 1.165) is 11.3 Å². The molecule has 0 saturated carbocycles. The van der Waals surface area contributed by atoms with Gasteiger partial charge in [-0.1, -0.05) is 6.07 Å². The summed E-state index contributed by atoms with van der Waals surface area (Å²) in [5.74, 6) is -1.67. The number of primary amides is 1. The minimum atomic E-state index is -0.738. The number of anilines is 3. The molecule has 34 heavy (non-hydrogen) atoms. The van der Waals surface area contributed by atoms with Crippen LogP contribution in [0.4, 0.5) is 17.2 Å². The molecule has 7 N–H and O–H groups in total. The van der Waals surface area contributed by atoms with Crippen LogP contribution in [0.1, 0.15) is 15.2 Å². The zero-order valence-corrected chi connectivity index (χ0v) is 18.9. The Morgan fingerprint density at radius 2 is 1.94 bits per heavy atom. The monoisotopic (exact) mass is 484 g/mol. The van der Waals surface area contributed by atoms with E-state index in [1.165, 1.54) is 14.2 Å². The number of methoxy groups -OCH3 is 2. The number of aromatic nitrogens is 1. The van der Waals surface area contributed by atoms with Gasteiger partial charge in [0.1, 0.15) is 46.1 Å². The third-order valence-corrected chi connectivity index (χ3v) is 5.80.